The van der Waals surface area contributed by atoms with Crippen molar-refractivity contribution in [2.24, 2.45) is 5.92 Å². The Morgan fingerprint density at radius 3 is 3.00 bits per heavy atom. The van der Waals surface area contributed by atoms with Crippen molar-refractivity contribution in [1.29, 1.82) is 0 Å². The number of nitrogens with one attached hydrogen (secondary N) is 2. The first-order chi connectivity index (χ1) is 8.24. The maximum Gasteiger partial charge on any atom is 0.186 e. The minimum Gasteiger partial charge on any atom is -0.342 e. The quantitative estimate of drug-likeness (QED) is 0.838. The third-order valence-electron chi connectivity index (χ3n) is 3.24. The summed E-state index contributed by atoms with van der Waals surface area (Å²) in [5.74, 6) is -0.450. The Morgan fingerprint density at radius 2 is 2.24 bits per heavy atom. The number of imidazole rings is 1. The highest BCUT2D eigenvalue weighted by Crippen LogP contribution is 2.20. The van der Waals surface area contributed by atoms with E-state index in [-0.39, 0.29) is 5.52 Å². The van der Waals surface area contributed by atoms with E-state index >= 15 is 0 Å². The minimum atomic E-state index is -0.866. The molecule has 1 aromatic heterocycles. The van der Waals surface area contributed by atoms with Crippen molar-refractivity contribution >= 4 is 11.0 Å². The first-order valence-corrected chi connectivity index (χ1v) is 5.77. The molecular formula is C12H13F2N3. The van der Waals surface area contributed by atoms with Crippen LogP contribution in [0.15, 0.2) is 12.1 Å². The molecule has 2 aromatic rings. The number of aromatic nitrogens is 2. The zero-order valence-electron chi connectivity index (χ0n) is 9.26. The van der Waals surface area contributed by atoms with E-state index in [9.17, 15) is 8.78 Å². The van der Waals surface area contributed by atoms with Gasteiger partial charge in [0.05, 0.1) is 5.52 Å². The number of aromatic amines is 1. The van der Waals surface area contributed by atoms with Crippen molar-refractivity contribution < 1.29 is 8.78 Å². The van der Waals surface area contributed by atoms with E-state index < -0.39 is 11.6 Å². The van der Waals surface area contributed by atoms with Crippen molar-refractivity contribution in [1.82, 2.24) is 15.3 Å². The van der Waals surface area contributed by atoms with Gasteiger partial charge in [0, 0.05) is 6.42 Å². The Labute approximate surface area is 97.2 Å². The van der Waals surface area contributed by atoms with Crippen LogP contribution in [0, 0.1) is 17.6 Å². The largest absolute Gasteiger partial charge is 0.342 e. The fraction of sp³-hybridized carbons (Fsp3) is 0.417. The summed E-state index contributed by atoms with van der Waals surface area (Å²) in [4.78, 5) is 7.18. The van der Waals surface area contributed by atoms with Crippen LogP contribution in [0.2, 0.25) is 0 Å². The first-order valence-electron chi connectivity index (χ1n) is 5.77. The zero-order chi connectivity index (χ0) is 11.8. The van der Waals surface area contributed by atoms with Gasteiger partial charge in [0.15, 0.2) is 11.6 Å². The molecule has 2 N–H and O–H groups in total. The molecule has 0 radical (unpaired) electrons. The van der Waals surface area contributed by atoms with Crippen LogP contribution in [-0.2, 0) is 6.42 Å². The predicted octanol–water partition coefficient (Wildman–Crippen LogP) is 1.99. The molecule has 0 amide bonds. The van der Waals surface area contributed by atoms with Crippen LogP contribution in [0.25, 0.3) is 11.0 Å². The number of halogens is 2. The van der Waals surface area contributed by atoms with Gasteiger partial charge < -0.3 is 10.3 Å². The summed E-state index contributed by atoms with van der Waals surface area (Å²) in [6, 6.07) is 2.65. The number of hydrogen-bond acceptors (Lipinski definition) is 2. The summed E-state index contributed by atoms with van der Waals surface area (Å²) in [5, 5.41) is 3.27. The molecule has 90 valence electrons. The van der Waals surface area contributed by atoms with Crippen LogP contribution in [0.5, 0.6) is 0 Å². The van der Waals surface area contributed by atoms with Gasteiger partial charge in [-0.25, -0.2) is 13.8 Å². The zero-order valence-corrected chi connectivity index (χ0v) is 9.26. The number of nitrogens with zero attached hydrogens (tertiary/aromatic N) is 1. The van der Waals surface area contributed by atoms with E-state index in [2.05, 4.69) is 15.3 Å². The van der Waals surface area contributed by atoms with Crippen LogP contribution >= 0.6 is 0 Å². The lowest BCUT2D eigenvalue weighted by Crippen LogP contribution is -2.11. The lowest BCUT2D eigenvalue weighted by Gasteiger charge is -2.03. The molecule has 5 heteroatoms. The topological polar surface area (TPSA) is 40.7 Å². The van der Waals surface area contributed by atoms with E-state index in [1.165, 1.54) is 6.07 Å². The Balaban J connectivity index is 1.93. The minimum absolute atomic E-state index is 0.103. The van der Waals surface area contributed by atoms with Crippen LogP contribution in [-0.4, -0.2) is 23.1 Å². The van der Waals surface area contributed by atoms with E-state index in [1.807, 2.05) is 0 Å². The molecule has 1 saturated heterocycles. The van der Waals surface area contributed by atoms with E-state index in [0.717, 1.165) is 37.8 Å². The molecule has 0 aliphatic carbocycles. The van der Waals surface area contributed by atoms with Gasteiger partial charge in [-0.2, -0.15) is 0 Å². The predicted molar refractivity (Wildman–Crippen MR) is 60.7 cm³/mol. The van der Waals surface area contributed by atoms with Crippen LogP contribution in [0.4, 0.5) is 8.78 Å². The van der Waals surface area contributed by atoms with Crippen LogP contribution < -0.4 is 5.32 Å². The van der Waals surface area contributed by atoms with Crippen molar-refractivity contribution in [3.05, 3.63) is 29.6 Å². The molecule has 0 bridgehead atoms. The number of H-pyrrole nitrogens is 1. The number of hydrogen-bond donors (Lipinski definition) is 2. The highest BCUT2D eigenvalue weighted by atomic mass is 19.2. The van der Waals surface area contributed by atoms with Gasteiger partial charge in [0.25, 0.3) is 0 Å². The monoisotopic (exact) mass is 237 g/mol. The van der Waals surface area contributed by atoms with Gasteiger partial charge in [-0.1, -0.05) is 0 Å². The van der Waals surface area contributed by atoms with Gasteiger partial charge in [0.1, 0.15) is 11.3 Å². The van der Waals surface area contributed by atoms with E-state index in [0.29, 0.717) is 11.4 Å². The van der Waals surface area contributed by atoms with Gasteiger partial charge in [-0.3, -0.25) is 0 Å². The molecule has 1 fully saturated rings. The molecular weight excluding hydrogens is 224 g/mol. The summed E-state index contributed by atoms with van der Waals surface area (Å²) in [7, 11) is 0. The SMILES string of the molecule is Fc1ccc2[nH]c(CC3CCNC3)nc2c1F. The fourth-order valence-electron chi connectivity index (χ4n) is 2.33. The number of fused-ring (bicyclic) bond motifs is 1. The van der Waals surface area contributed by atoms with Crippen molar-refractivity contribution in [2.75, 3.05) is 13.1 Å². The van der Waals surface area contributed by atoms with Crippen LogP contribution in [0.1, 0.15) is 12.2 Å². The Bertz CT molecular complexity index is 544. The highest BCUT2D eigenvalue weighted by Gasteiger charge is 2.18. The lowest BCUT2D eigenvalue weighted by atomic mass is 10.1. The maximum atomic E-state index is 13.5. The molecule has 1 aliphatic heterocycles. The summed E-state index contributed by atoms with van der Waals surface area (Å²) in [5.41, 5.74) is 0.663. The smallest absolute Gasteiger partial charge is 0.186 e. The maximum absolute atomic E-state index is 13.5. The molecule has 1 aromatic carbocycles. The normalized spacial score (nSPS) is 20.2. The first kappa shape index (κ1) is 10.7. The fourth-order valence-corrected chi connectivity index (χ4v) is 2.33. The average Bonchev–Trinajstić information content (AvgIpc) is 2.93. The molecule has 2 heterocycles. The second-order valence-electron chi connectivity index (χ2n) is 4.50. The molecule has 0 spiro atoms. The molecule has 17 heavy (non-hydrogen) atoms. The van der Waals surface area contributed by atoms with Crippen molar-refractivity contribution in [3.63, 3.8) is 0 Å². The van der Waals surface area contributed by atoms with E-state index in [1.54, 1.807) is 0 Å². The van der Waals surface area contributed by atoms with Gasteiger partial charge in [-0.05, 0) is 37.6 Å². The third kappa shape index (κ3) is 1.91. The Morgan fingerprint density at radius 1 is 1.35 bits per heavy atom. The second kappa shape index (κ2) is 4.07. The van der Waals surface area contributed by atoms with Gasteiger partial charge in [0.2, 0.25) is 0 Å². The molecule has 0 saturated carbocycles. The van der Waals surface area contributed by atoms with Crippen LogP contribution in [0.3, 0.4) is 0 Å². The lowest BCUT2D eigenvalue weighted by molar-refractivity contribution is 0.515. The Hall–Kier alpha value is -1.49. The molecule has 1 atom stereocenters. The third-order valence-corrected chi connectivity index (χ3v) is 3.24. The van der Waals surface area contributed by atoms with Gasteiger partial charge in [-0.15, -0.1) is 0 Å². The number of rotatable bonds is 2. The Kier molecular flexibility index (Phi) is 2.55. The molecule has 1 aliphatic rings. The highest BCUT2D eigenvalue weighted by molar-refractivity contribution is 5.75. The second-order valence-corrected chi connectivity index (χ2v) is 4.50. The summed E-state index contributed by atoms with van der Waals surface area (Å²) in [6.45, 7) is 1.99. The molecule has 3 rings (SSSR count). The van der Waals surface area contributed by atoms with Crippen molar-refractivity contribution in [3.8, 4) is 0 Å². The number of benzene rings is 1. The summed E-state index contributed by atoms with van der Waals surface area (Å²) in [6.07, 6.45) is 1.89. The molecule has 3 nitrogen and oxygen atoms in total. The standard InChI is InChI=1S/C12H13F2N3/c13-8-1-2-9-12(11(8)14)17-10(16-9)5-7-3-4-15-6-7/h1-2,7,15H,3-6H2,(H,16,17). The molecule has 1 unspecified atom stereocenters. The summed E-state index contributed by atoms with van der Waals surface area (Å²) >= 11 is 0. The summed E-state index contributed by atoms with van der Waals surface area (Å²) < 4.78 is 26.5. The van der Waals surface area contributed by atoms with E-state index in [4.69, 9.17) is 0 Å². The van der Waals surface area contributed by atoms with Gasteiger partial charge >= 0.3 is 0 Å². The average molecular weight is 237 g/mol. The van der Waals surface area contributed by atoms with Crippen molar-refractivity contribution in [2.45, 2.75) is 12.8 Å².